The van der Waals surface area contributed by atoms with E-state index in [4.69, 9.17) is 9.84 Å². The van der Waals surface area contributed by atoms with Crippen LogP contribution in [-0.2, 0) is 0 Å². The monoisotopic (exact) mass is 210 g/mol. The van der Waals surface area contributed by atoms with Gasteiger partial charge in [-0.25, -0.2) is 4.98 Å². The van der Waals surface area contributed by atoms with Gasteiger partial charge in [0.15, 0.2) is 0 Å². The van der Waals surface area contributed by atoms with E-state index in [0.717, 1.165) is 12.1 Å². The third-order valence-corrected chi connectivity index (χ3v) is 2.24. The van der Waals surface area contributed by atoms with Gasteiger partial charge in [-0.05, 0) is 18.5 Å². The maximum atomic E-state index is 8.94. The van der Waals surface area contributed by atoms with E-state index in [1.807, 2.05) is 19.1 Å². The first kappa shape index (κ1) is 11.9. The highest BCUT2D eigenvalue weighted by molar-refractivity contribution is 5.20. The van der Waals surface area contributed by atoms with Gasteiger partial charge in [-0.1, -0.05) is 13.0 Å². The molecular weight excluding hydrogens is 192 g/mol. The number of aromatic nitrogens is 1. The lowest BCUT2D eigenvalue weighted by atomic mass is 10.1. The largest absolute Gasteiger partial charge is 0.481 e. The summed E-state index contributed by atoms with van der Waals surface area (Å²) >= 11 is 0. The van der Waals surface area contributed by atoms with Crippen LogP contribution in [0.25, 0.3) is 0 Å². The number of nitrogens with zero attached hydrogens (tertiary/aromatic N) is 1. The van der Waals surface area contributed by atoms with Crippen molar-refractivity contribution in [1.82, 2.24) is 10.3 Å². The Hall–Kier alpha value is -1.13. The summed E-state index contributed by atoms with van der Waals surface area (Å²) in [5.74, 6) is 0.609. The minimum absolute atomic E-state index is 0.165. The van der Waals surface area contributed by atoms with Crippen molar-refractivity contribution in [2.75, 3.05) is 20.3 Å². The highest BCUT2D eigenvalue weighted by atomic mass is 16.5. The Bertz CT molecular complexity index is 268. The van der Waals surface area contributed by atoms with Crippen LogP contribution in [0.15, 0.2) is 18.3 Å². The maximum absolute atomic E-state index is 8.94. The minimum atomic E-state index is 0.165. The molecule has 1 heterocycles. The van der Waals surface area contributed by atoms with Crippen molar-refractivity contribution in [2.45, 2.75) is 19.4 Å². The molecule has 0 radical (unpaired) electrons. The number of nitrogens with one attached hydrogen (secondary N) is 1. The summed E-state index contributed by atoms with van der Waals surface area (Å²) in [7, 11) is 1.59. The molecular formula is C11H18N2O2. The van der Waals surface area contributed by atoms with Gasteiger partial charge in [-0.15, -0.1) is 0 Å². The molecule has 0 aromatic carbocycles. The number of hydrogen-bond donors (Lipinski definition) is 2. The molecule has 2 N–H and O–H groups in total. The van der Waals surface area contributed by atoms with Crippen molar-refractivity contribution in [3.8, 4) is 5.88 Å². The fourth-order valence-corrected chi connectivity index (χ4v) is 1.48. The van der Waals surface area contributed by atoms with E-state index in [1.54, 1.807) is 13.3 Å². The molecule has 0 amide bonds. The topological polar surface area (TPSA) is 54.4 Å². The van der Waals surface area contributed by atoms with Gasteiger partial charge >= 0.3 is 0 Å². The van der Waals surface area contributed by atoms with Gasteiger partial charge in [-0.2, -0.15) is 0 Å². The van der Waals surface area contributed by atoms with Gasteiger partial charge in [0.25, 0.3) is 0 Å². The second-order valence-corrected chi connectivity index (χ2v) is 3.26. The van der Waals surface area contributed by atoms with Crippen LogP contribution in [0, 0.1) is 0 Å². The van der Waals surface area contributed by atoms with Crippen molar-refractivity contribution in [2.24, 2.45) is 0 Å². The van der Waals surface area contributed by atoms with Crippen molar-refractivity contribution < 1.29 is 9.84 Å². The van der Waals surface area contributed by atoms with Crippen LogP contribution >= 0.6 is 0 Å². The van der Waals surface area contributed by atoms with Gasteiger partial charge in [0.1, 0.15) is 0 Å². The van der Waals surface area contributed by atoms with Gasteiger partial charge in [0, 0.05) is 24.9 Å². The van der Waals surface area contributed by atoms with E-state index < -0.39 is 0 Å². The molecule has 0 bridgehead atoms. The number of hydrogen-bond acceptors (Lipinski definition) is 4. The number of pyridine rings is 1. The molecule has 84 valence electrons. The van der Waals surface area contributed by atoms with Crippen molar-refractivity contribution >= 4 is 0 Å². The predicted molar refractivity (Wildman–Crippen MR) is 58.9 cm³/mol. The fourth-order valence-electron chi connectivity index (χ4n) is 1.48. The predicted octanol–water partition coefficient (Wildman–Crippen LogP) is 1.12. The average molecular weight is 210 g/mol. The van der Waals surface area contributed by atoms with Crippen molar-refractivity contribution in [1.29, 1.82) is 0 Å². The van der Waals surface area contributed by atoms with E-state index in [9.17, 15) is 0 Å². The first-order chi connectivity index (χ1) is 7.31. The Kier molecular flexibility index (Phi) is 5.07. The summed E-state index contributed by atoms with van der Waals surface area (Å²) in [6.45, 7) is 3.09. The third-order valence-electron chi connectivity index (χ3n) is 2.24. The minimum Gasteiger partial charge on any atom is -0.481 e. The van der Waals surface area contributed by atoms with Gasteiger partial charge in [-0.3, -0.25) is 0 Å². The second kappa shape index (κ2) is 6.37. The Morgan fingerprint density at radius 2 is 2.33 bits per heavy atom. The van der Waals surface area contributed by atoms with Crippen LogP contribution in [0.3, 0.4) is 0 Å². The number of aliphatic hydroxyl groups excluding tert-OH is 1. The quantitative estimate of drug-likeness (QED) is 0.739. The molecule has 4 heteroatoms. The molecule has 1 unspecified atom stereocenters. The zero-order valence-corrected chi connectivity index (χ0v) is 9.23. The Morgan fingerprint density at radius 3 is 2.80 bits per heavy atom. The summed E-state index contributed by atoms with van der Waals surface area (Å²) in [6, 6.07) is 3.96. The highest BCUT2D eigenvalue weighted by Gasteiger charge is 2.09. The van der Waals surface area contributed by atoms with Crippen LogP contribution in [0.2, 0.25) is 0 Å². The van der Waals surface area contributed by atoms with Crippen molar-refractivity contribution in [3.63, 3.8) is 0 Å². The molecule has 1 atom stereocenters. The molecule has 4 nitrogen and oxygen atoms in total. The van der Waals surface area contributed by atoms with Gasteiger partial charge < -0.3 is 15.2 Å². The summed E-state index contributed by atoms with van der Waals surface area (Å²) in [5, 5.41) is 12.2. The molecule has 0 saturated carbocycles. The summed E-state index contributed by atoms with van der Waals surface area (Å²) in [5.41, 5.74) is 1.08. The van der Waals surface area contributed by atoms with Crippen LogP contribution in [0.5, 0.6) is 5.88 Å². The fraction of sp³-hybridized carbons (Fsp3) is 0.545. The second-order valence-electron chi connectivity index (χ2n) is 3.26. The molecule has 0 fully saturated rings. The molecule has 1 aromatic rings. The average Bonchev–Trinajstić information content (AvgIpc) is 2.29. The van der Waals surface area contributed by atoms with Crippen LogP contribution in [-0.4, -0.2) is 30.4 Å². The highest BCUT2D eigenvalue weighted by Crippen LogP contribution is 2.17. The van der Waals surface area contributed by atoms with E-state index in [0.29, 0.717) is 12.3 Å². The van der Waals surface area contributed by atoms with E-state index >= 15 is 0 Å². The molecule has 0 aliphatic rings. The molecule has 0 aliphatic heterocycles. The normalized spacial score (nSPS) is 12.5. The number of ether oxygens (including phenoxy) is 1. The zero-order chi connectivity index (χ0) is 11.1. The molecule has 15 heavy (non-hydrogen) atoms. The molecule has 1 rings (SSSR count). The number of rotatable bonds is 6. The summed E-state index contributed by atoms with van der Waals surface area (Å²) in [4.78, 5) is 4.14. The standard InChI is InChI=1S/C11H18N2O2/c1-3-12-10(6-7-14)9-4-5-11(15-2)13-8-9/h4-5,8,10,12,14H,3,6-7H2,1-2H3. The summed E-state index contributed by atoms with van der Waals surface area (Å²) < 4.78 is 4.99. The number of methoxy groups -OCH3 is 1. The van der Waals surface area contributed by atoms with Crippen LogP contribution in [0.1, 0.15) is 24.9 Å². The van der Waals surface area contributed by atoms with Crippen LogP contribution < -0.4 is 10.1 Å². The molecule has 0 aliphatic carbocycles. The maximum Gasteiger partial charge on any atom is 0.212 e. The van der Waals surface area contributed by atoms with E-state index in [2.05, 4.69) is 10.3 Å². The number of aliphatic hydroxyl groups is 1. The van der Waals surface area contributed by atoms with Gasteiger partial charge in [0.2, 0.25) is 5.88 Å². The Balaban J connectivity index is 2.72. The van der Waals surface area contributed by atoms with E-state index in [-0.39, 0.29) is 12.6 Å². The lowest BCUT2D eigenvalue weighted by Crippen LogP contribution is -2.22. The van der Waals surface area contributed by atoms with Crippen LogP contribution in [0.4, 0.5) is 0 Å². The first-order valence-electron chi connectivity index (χ1n) is 5.16. The zero-order valence-electron chi connectivity index (χ0n) is 9.23. The van der Waals surface area contributed by atoms with E-state index in [1.165, 1.54) is 0 Å². The SMILES string of the molecule is CCNC(CCO)c1ccc(OC)nc1. The summed E-state index contributed by atoms with van der Waals surface area (Å²) in [6.07, 6.45) is 2.48. The smallest absolute Gasteiger partial charge is 0.212 e. The Morgan fingerprint density at radius 1 is 1.53 bits per heavy atom. The first-order valence-corrected chi connectivity index (χ1v) is 5.16. The molecule has 0 spiro atoms. The third kappa shape index (κ3) is 3.49. The van der Waals surface area contributed by atoms with Gasteiger partial charge in [0.05, 0.1) is 7.11 Å². The Labute approximate surface area is 90.3 Å². The molecule has 0 saturated heterocycles. The lowest BCUT2D eigenvalue weighted by Gasteiger charge is -2.16. The molecule has 1 aromatic heterocycles. The lowest BCUT2D eigenvalue weighted by molar-refractivity contribution is 0.266. The van der Waals surface area contributed by atoms with Crippen molar-refractivity contribution in [3.05, 3.63) is 23.9 Å².